The molecule has 7 nitrogen and oxygen atoms in total. The molecule has 0 fully saturated rings. The van der Waals surface area contributed by atoms with E-state index in [1.807, 2.05) is 0 Å². The molecule has 0 bridgehead atoms. The maximum Gasteiger partial charge on any atom is 0.328 e. The predicted octanol–water partition coefficient (Wildman–Crippen LogP) is 1.46. The molecular formula is C11H15N3O4. The van der Waals surface area contributed by atoms with Gasteiger partial charge in [-0.15, -0.1) is 0 Å². The number of furan rings is 1. The van der Waals surface area contributed by atoms with Gasteiger partial charge in [-0.2, -0.15) is 5.11 Å². The van der Waals surface area contributed by atoms with Crippen LogP contribution in [0.5, 0.6) is 0 Å². The van der Waals surface area contributed by atoms with E-state index in [9.17, 15) is 4.79 Å². The number of hydrogen-bond acceptors (Lipinski definition) is 6. The van der Waals surface area contributed by atoms with Crippen molar-refractivity contribution >= 4 is 12.2 Å². The number of aliphatic carboxylic acids is 1. The van der Waals surface area contributed by atoms with E-state index in [0.29, 0.717) is 30.9 Å². The summed E-state index contributed by atoms with van der Waals surface area (Å²) in [5, 5.41) is 20.9. The number of nitrogens with zero attached hydrogens (tertiary/aromatic N) is 2. The fourth-order valence-electron chi connectivity index (χ4n) is 1.34. The highest BCUT2D eigenvalue weighted by Gasteiger charge is 2.14. The largest absolute Gasteiger partial charge is 0.480 e. The molecule has 0 saturated heterocycles. The quantitative estimate of drug-likeness (QED) is 0.369. The van der Waals surface area contributed by atoms with Crippen molar-refractivity contribution < 1.29 is 19.4 Å². The summed E-state index contributed by atoms with van der Waals surface area (Å²) in [6.45, 7) is 0.0932. The molecule has 0 aliphatic carbocycles. The summed E-state index contributed by atoms with van der Waals surface area (Å²) in [6, 6.07) is 2.33. The zero-order valence-electron chi connectivity index (χ0n) is 9.74. The summed E-state index contributed by atoms with van der Waals surface area (Å²) >= 11 is 0. The monoisotopic (exact) mass is 253 g/mol. The van der Waals surface area contributed by atoms with Gasteiger partial charge in [-0.3, -0.25) is 4.99 Å². The van der Waals surface area contributed by atoms with Gasteiger partial charge in [-0.25, -0.2) is 10.3 Å². The van der Waals surface area contributed by atoms with Gasteiger partial charge in [0.15, 0.2) is 0 Å². The average Bonchev–Trinajstić information content (AvgIpc) is 2.81. The lowest BCUT2D eigenvalue weighted by atomic mass is 10.1. The van der Waals surface area contributed by atoms with Crippen molar-refractivity contribution in [1.82, 2.24) is 0 Å². The highest BCUT2D eigenvalue weighted by Crippen LogP contribution is 2.07. The van der Waals surface area contributed by atoms with Gasteiger partial charge < -0.3 is 14.6 Å². The highest BCUT2D eigenvalue weighted by atomic mass is 16.4. The molecule has 1 aromatic rings. The summed E-state index contributed by atoms with van der Waals surface area (Å²) in [4.78, 5) is 14.8. The molecule has 98 valence electrons. The van der Waals surface area contributed by atoms with Gasteiger partial charge >= 0.3 is 5.97 Å². The summed E-state index contributed by atoms with van der Waals surface area (Å²) in [5.41, 5.74) is 6.62. The lowest BCUT2D eigenvalue weighted by Gasteiger charge is -2.04. The minimum absolute atomic E-state index is 0.207. The zero-order valence-corrected chi connectivity index (χ0v) is 9.74. The maximum atomic E-state index is 10.9. The Morgan fingerprint density at radius 2 is 2.33 bits per heavy atom. The highest BCUT2D eigenvalue weighted by molar-refractivity contribution is 5.81. The van der Waals surface area contributed by atoms with Crippen molar-refractivity contribution in [2.75, 3.05) is 6.54 Å². The Hall–Kier alpha value is -2.02. The van der Waals surface area contributed by atoms with E-state index in [1.54, 1.807) is 12.1 Å². The van der Waals surface area contributed by atoms with E-state index >= 15 is 0 Å². The van der Waals surface area contributed by atoms with Crippen LogP contribution in [-0.4, -0.2) is 35.0 Å². The maximum absolute atomic E-state index is 10.9. The molecule has 0 unspecified atom stereocenters. The van der Waals surface area contributed by atoms with Gasteiger partial charge in [0.05, 0.1) is 12.8 Å². The number of aliphatic imine (C=N–C) groups is 1. The second-order valence-electron chi connectivity index (χ2n) is 3.62. The molecule has 18 heavy (non-hydrogen) atoms. The second kappa shape index (κ2) is 7.33. The lowest BCUT2D eigenvalue weighted by molar-refractivity contribution is -0.138. The van der Waals surface area contributed by atoms with E-state index in [4.69, 9.17) is 20.2 Å². The normalized spacial score (nSPS) is 12.7. The van der Waals surface area contributed by atoms with Crippen molar-refractivity contribution in [3.63, 3.8) is 0 Å². The van der Waals surface area contributed by atoms with Crippen LogP contribution < -0.4 is 0 Å². The number of hydrogen-bond donors (Lipinski definition) is 3. The van der Waals surface area contributed by atoms with Gasteiger partial charge in [0, 0.05) is 0 Å². The molecule has 0 aliphatic rings. The van der Waals surface area contributed by atoms with Crippen LogP contribution in [0.1, 0.15) is 24.4 Å². The Morgan fingerprint density at radius 1 is 1.56 bits per heavy atom. The molecule has 1 atom stereocenters. The molecule has 1 rings (SSSR count). The molecule has 0 amide bonds. The third kappa shape index (κ3) is 4.46. The van der Waals surface area contributed by atoms with Crippen molar-refractivity contribution in [1.29, 1.82) is 5.53 Å². The van der Waals surface area contributed by atoms with Gasteiger partial charge in [0.25, 0.3) is 0 Å². The molecule has 0 saturated carbocycles. The van der Waals surface area contributed by atoms with Crippen LogP contribution in [0.3, 0.4) is 0 Å². The van der Waals surface area contributed by atoms with Crippen molar-refractivity contribution in [2.24, 2.45) is 10.1 Å². The van der Waals surface area contributed by atoms with E-state index < -0.39 is 12.0 Å². The Bertz CT molecular complexity index is 428. The molecule has 1 aromatic heterocycles. The average molecular weight is 253 g/mol. The molecule has 0 aromatic carbocycles. The first-order valence-corrected chi connectivity index (χ1v) is 5.46. The standard InChI is InChI=1S/C11H15N3O4/c12-14-5-1-2-10(11(16)17)13-6-8-3-4-9(7-15)18-8/h3-4,6,10,12,15H,1-2,5,7H2,(H,16,17)/t10-/m0/s1. The third-order valence-corrected chi connectivity index (χ3v) is 2.25. The van der Waals surface area contributed by atoms with Gasteiger partial charge in [-0.05, 0) is 25.0 Å². The Kier molecular flexibility index (Phi) is 5.72. The number of carboxylic acid groups (broad SMARTS) is 1. The van der Waals surface area contributed by atoms with Crippen molar-refractivity contribution in [3.05, 3.63) is 23.7 Å². The Balaban J connectivity index is 2.58. The topological polar surface area (TPSA) is 119 Å². The van der Waals surface area contributed by atoms with E-state index in [2.05, 4.69) is 10.1 Å². The van der Waals surface area contributed by atoms with Crippen LogP contribution >= 0.6 is 0 Å². The Labute approximate surface area is 104 Å². The first kappa shape index (κ1) is 14.0. The minimum Gasteiger partial charge on any atom is -0.480 e. The zero-order chi connectivity index (χ0) is 13.4. The molecule has 7 heteroatoms. The minimum atomic E-state index is -1.02. The van der Waals surface area contributed by atoms with Crippen molar-refractivity contribution in [2.45, 2.75) is 25.5 Å². The van der Waals surface area contributed by atoms with E-state index in [1.165, 1.54) is 6.21 Å². The van der Waals surface area contributed by atoms with Crippen LogP contribution in [0.2, 0.25) is 0 Å². The first-order valence-electron chi connectivity index (χ1n) is 5.46. The number of carbonyl (C=O) groups is 1. The number of nitrogens with one attached hydrogen (secondary N) is 1. The van der Waals surface area contributed by atoms with Crippen LogP contribution in [-0.2, 0) is 11.4 Å². The molecule has 0 aliphatic heterocycles. The third-order valence-electron chi connectivity index (χ3n) is 2.25. The van der Waals surface area contributed by atoms with E-state index in [0.717, 1.165) is 0 Å². The molecular weight excluding hydrogens is 238 g/mol. The summed E-state index contributed by atoms with van der Waals surface area (Å²) in [6.07, 6.45) is 2.15. The number of carboxylic acids is 1. The lowest BCUT2D eigenvalue weighted by Crippen LogP contribution is -2.18. The summed E-state index contributed by atoms with van der Waals surface area (Å²) in [7, 11) is 0. The first-order chi connectivity index (χ1) is 8.67. The molecule has 0 radical (unpaired) electrons. The van der Waals surface area contributed by atoms with Gasteiger partial charge in [-0.1, -0.05) is 0 Å². The van der Waals surface area contributed by atoms with Gasteiger partial charge in [0.2, 0.25) is 0 Å². The molecule has 3 N–H and O–H groups in total. The number of aliphatic hydroxyl groups excluding tert-OH is 1. The summed E-state index contributed by atoms with van der Waals surface area (Å²) in [5.74, 6) is -0.225. The van der Waals surface area contributed by atoms with Gasteiger partial charge in [0.1, 0.15) is 24.2 Å². The molecule has 0 spiro atoms. The smallest absolute Gasteiger partial charge is 0.328 e. The second-order valence-corrected chi connectivity index (χ2v) is 3.62. The number of rotatable bonds is 8. The van der Waals surface area contributed by atoms with Crippen LogP contribution in [0.15, 0.2) is 26.7 Å². The van der Waals surface area contributed by atoms with E-state index in [-0.39, 0.29) is 6.61 Å². The summed E-state index contributed by atoms with van der Waals surface area (Å²) < 4.78 is 5.15. The van der Waals surface area contributed by atoms with Crippen LogP contribution in [0.25, 0.3) is 0 Å². The fraction of sp³-hybridized carbons (Fsp3) is 0.455. The number of aliphatic hydroxyl groups is 1. The SMILES string of the molecule is N=NCCC[C@H](N=Cc1ccc(CO)o1)C(=O)O. The van der Waals surface area contributed by atoms with Crippen molar-refractivity contribution in [3.8, 4) is 0 Å². The van der Waals surface area contributed by atoms with Crippen LogP contribution in [0.4, 0.5) is 0 Å². The Morgan fingerprint density at radius 3 is 2.89 bits per heavy atom. The van der Waals surface area contributed by atoms with Crippen LogP contribution in [0, 0.1) is 5.53 Å². The fourth-order valence-corrected chi connectivity index (χ4v) is 1.34. The predicted molar refractivity (Wildman–Crippen MR) is 62.9 cm³/mol. The molecule has 1 heterocycles.